The lowest BCUT2D eigenvalue weighted by atomic mass is 10.1. The van der Waals surface area contributed by atoms with Crippen molar-refractivity contribution >= 4 is 29.0 Å². The topological polar surface area (TPSA) is 108 Å². The summed E-state index contributed by atoms with van der Waals surface area (Å²) in [5.41, 5.74) is 7.66. The lowest BCUT2D eigenvalue weighted by Crippen LogP contribution is -2.33. The van der Waals surface area contributed by atoms with Gasteiger partial charge in [0.15, 0.2) is 5.56 Å². The van der Waals surface area contributed by atoms with E-state index in [0.717, 1.165) is 5.56 Å². The average molecular weight is 345 g/mol. The smallest absolute Gasteiger partial charge is 0.255 e. The van der Waals surface area contributed by atoms with E-state index in [9.17, 15) is 15.0 Å². The van der Waals surface area contributed by atoms with Crippen LogP contribution in [0.5, 0.6) is 0 Å². The van der Waals surface area contributed by atoms with Crippen LogP contribution in [0.15, 0.2) is 48.5 Å². The number of carbonyl (C=O) groups excluding carboxylic acids is 1. The van der Waals surface area contributed by atoms with Crippen molar-refractivity contribution in [3.05, 3.63) is 59.7 Å². The third-order valence-corrected chi connectivity index (χ3v) is 4.93. The Morgan fingerprint density at radius 2 is 1.96 bits per heavy atom. The lowest BCUT2D eigenvalue weighted by Gasteiger charge is -2.13. The van der Waals surface area contributed by atoms with Gasteiger partial charge in [-0.2, -0.15) is 0 Å². The van der Waals surface area contributed by atoms with Crippen LogP contribution in [-0.4, -0.2) is 33.2 Å². The van der Waals surface area contributed by atoms with Gasteiger partial charge >= 0.3 is 0 Å². The largest absolute Gasteiger partial charge is 0.399 e. The summed E-state index contributed by atoms with van der Waals surface area (Å²) in [6.07, 6.45) is -0.167. The Balaban J connectivity index is 1.67. The molecule has 0 spiro atoms. The molecule has 2 aromatic carbocycles. The van der Waals surface area contributed by atoms with Crippen molar-refractivity contribution in [3.8, 4) is 0 Å². The minimum atomic E-state index is -0.752. The zero-order chi connectivity index (χ0) is 17.1. The number of anilines is 2. The van der Waals surface area contributed by atoms with Gasteiger partial charge in [0.05, 0.1) is 5.25 Å². The first-order valence-corrected chi connectivity index (χ1v) is 8.49. The molecule has 1 aliphatic rings. The Bertz CT molecular complexity index is 723. The predicted octanol–water partition coefficient (Wildman–Crippen LogP) is 1.36. The minimum Gasteiger partial charge on any atom is -0.399 e. The van der Waals surface area contributed by atoms with Crippen molar-refractivity contribution in [3.63, 3.8) is 0 Å². The van der Waals surface area contributed by atoms with E-state index in [4.69, 9.17) is 5.73 Å². The molecule has 6 nitrogen and oxygen atoms in total. The molecular weight excluding hydrogens is 326 g/mol. The second-order valence-electron chi connectivity index (χ2n) is 5.62. The monoisotopic (exact) mass is 345 g/mol. The van der Waals surface area contributed by atoms with E-state index in [-0.39, 0.29) is 11.2 Å². The maximum atomic E-state index is 12.2. The van der Waals surface area contributed by atoms with Crippen LogP contribution in [0, 0.1) is 0 Å². The molecular formula is C17H19N3O3S. The number of aliphatic hydroxyl groups is 2. The number of nitrogen functional groups attached to an aromatic ring is 1. The molecule has 0 radical (unpaired) electrons. The first kappa shape index (κ1) is 16.8. The van der Waals surface area contributed by atoms with E-state index in [1.54, 1.807) is 24.3 Å². The molecule has 1 fully saturated rings. The summed E-state index contributed by atoms with van der Waals surface area (Å²) in [5, 5.41) is 24.7. The molecule has 0 saturated carbocycles. The minimum absolute atomic E-state index is 0.136. The summed E-state index contributed by atoms with van der Waals surface area (Å²) in [7, 11) is 0. The Labute approximate surface area is 144 Å². The normalized spacial score (nSPS) is 23.2. The molecule has 3 unspecified atom stereocenters. The van der Waals surface area contributed by atoms with Crippen molar-refractivity contribution in [2.75, 3.05) is 11.1 Å². The summed E-state index contributed by atoms with van der Waals surface area (Å²) in [5.74, 6) is -0.209. The van der Waals surface area contributed by atoms with Crippen LogP contribution in [0.3, 0.4) is 0 Å². The van der Waals surface area contributed by atoms with Gasteiger partial charge in [-0.05, 0) is 48.4 Å². The van der Waals surface area contributed by atoms with Gasteiger partial charge in [0.1, 0.15) is 6.23 Å². The molecule has 3 atom stereocenters. The maximum Gasteiger partial charge on any atom is 0.255 e. The average Bonchev–Trinajstić information content (AvgIpc) is 2.86. The summed E-state index contributed by atoms with van der Waals surface area (Å²) in [6.45, 7) is 0. The summed E-state index contributed by atoms with van der Waals surface area (Å²) in [4.78, 5) is 12.2. The molecule has 24 heavy (non-hydrogen) atoms. The van der Waals surface area contributed by atoms with E-state index >= 15 is 0 Å². The van der Waals surface area contributed by atoms with Gasteiger partial charge in [0, 0.05) is 16.9 Å². The van der Waals surface area contributed by atoms with Gasteiger partial charge < -0.3 is 21.3 Å². The van der Waals surface area contributed by atoms with Crippen LogP contribution in [0.1, 0.15) is 15.9 Å². The van der Waals surface area contributed by atoms with Crippen LogP contribution >= 0.6 is 11.8 Å². The fourth-order valence-corrected chi connectivity index (χ4v) is 3.60. The van der Waals surface area contributed by atoms with Gasteiger partial charge in [-0.1, -0.05) is 12.1 Å². The molecule has 1 aliphatic heterocycles. The second-order valence-corrected chi connectivity index (χ2v) is 6.94. The highest BCUT2D eigenvalue weighted by Crippen LogP contribution is 2.28. The standard InChI is InChI=1S/C17H19N3O3S/c18-12-6-4-11(5-7-12)15(21)19-13-3-1-2-10(8-13)9-14-16(22)20-17(23)24-14/h1-8,14,16-17,20,22-23H,9,18H2,(H,19,21). The number of amides is 1. The van der Waals surface area contributed by atoms with Gasteiger partial charge in [-0.15, -0.1) is 11.8 Å². The summed E-state index contributed by atoms with van der Waals surface area (Å²) < 4.78 is 0. The number of benzene rings is 2. The van der Waals surface area contributed by atoms with Crippen molar-refractivity contribution in [2.24, 2.45) is 0 Å². The molecule has 3 rings (SSSR count). The highest BCUT2D eigenvalue weighted by atomic mass is 32.2. The highest BCUT2D eigenvalue weighted by Gasteiger charge is 2.31. The van der Waals surface area contributed by atoms with Crippen molar-refractivity contribution in [1.82, 2.24) is 5.32 Å². The van der Waals surface area contributed by atoms with E-state index in [2.05, 4.69) is 10.6 Å². The summed E-state index contributed by atoms with van der Waals surface area (Å²) in [6, 6.07) is 14.2. The molecule has 1 amide bonds. The van der Waals surface area contributed by atoms with E-state index < -0.39 is 11.8 Å². The first-order chi connectivity index (χ1) is 11.5. The van der Waals surface area contributed by atoms with Crippen molar-refractivity contribution < 1.29 is 15.0 Å². The fraction of sp³-hybridized carbons (Fsp3) is 0.235. The van der Waals surface area contributed by atoms with Crippen molar-refractivity contribution in [1.29, 1.82) is 0 Å². The Morgan fingerprint density at radius 1 is 1.21 bits per heavy atom. The number of hydrogen-bond donors (Lipinski definition) is 5. The van der Waals surface area contributed by atoms with Gasteiger partial charge in [-0.25, -0.2) is 0 Å². The third kappa shape index (κ3) is 4.07. The SMILES string of the molecule is Nc1ccc(C(=O)Nc2cccc(CC3SC(O)NC3O)c2)cc1. The Morgan fingerprint density at radius 3 is 2.62 bits per heavy atom. The van der Waals surface area contributed by atoms with Crippen LogP contribution in [0.25, 0.3) is 0 Å². The lowest BCUT2D eigenvalue weighted by molar-refractivity contribution is 0.0994. The maximum absolute atomic E-state index is 12.2. The number of thioether (sulfide) groups is 1. The number of hydrogen-bond acceptors (Lipinski definition) is 6. The van der Waals surface area contributed by atoms with Gasteiger partial charge in [0.2, 0.25) is 0 Å². The predicted molar refractivity (Wildman–Crippen MR) is 95.5 cm³/mol. The van der Waals surface area contributed by atoms with Crippen LogP contribution < -0.4 is 16.4 Å². The molecule has 6 N–H and O–H groups in total. The fourth-order valence-electron chi connectivity index (χ4n) is 2.54. The van der Waals surface area contributed by atoms with E-state index in [0.29, 0.717) is 23.4 Å². The van der Waals surface area contributed by atoms with Crippen molar-refractivity contribution in [2.45, 2.75) is 23.5 Å². The Kier molecular flexibility index (Phi) is 5.06. The molecule has 7 heteroatoms. The molecule has 1 heterocycles. The van der Waals surface area contributed by atoms with Crippen LogP contribution in [0.4, 0.5) is 11.4 Å². The summed E-state index contributed by atoms with van der Waals surface area (Å²) >= 11 is 1.28. The number of nitrogens with one attached hydrogen (secondary N) is 2. The molecule has 0 aromatic heterocycles. The highest BCUT2D eigenvalue weighted by molar-refractivity contribution is 8.00. The Hall–Kier alpha value is -2.06. The molecule has 0 bridgehead atoms. The third-order valence-electron chi connectivity index (χ3n) is 3.76. The number of aliphatic hydroxyl groups excluding tert-OH is 2. The number of rotatable bonds is 4. The first-order valence-electron chi connectivity index (χ1n) is 7.55. The zero-order valence-corrected chi connectivity index (χ0v) is 13.7. The van der Waals surface area contributed by atoms with Crippen LogP contribution in [0.2, 0.25) is 0 Å². The molecule has 0 aliphatic carbocycles. The van der Waals surface area contributed by atoms with E-state index in [1.165, 1.54) is 11.8 Å². The quantitative estimate of drug-likeness (QED) is 0.536. The second kappa shape index (κ2) is 7.23. The molecule has 1 saturated heterocycles. The van der Waals surface area contributed by atoms with Crippen LogP contribution in [-0.2, 0) is 6.42 Å². The van der Waals surface area contributed by atoms with Gasteiger partial charge in [-0.3, -0.25) is 10.1 Å². The number of nitrogens with two attached hydrogens (primary N) is 1. The zero-order valence-electron chi connectivity index (χ0n) is 12.8. The van der Waals surface area contributed by atoms with Gasteiger partial charge in [0.25, 0.3) is 5.91 Å². The van der Waals surface area contributed by atoms with E-state index in [1.807, 2.05) is 24.3 Å². The molecule has 126 valence electrons. The molecule has 2 aromatic rings. The number of carbonyl (C=O) groups is 1.